The van der Waals surface area contributed by atoms with Gasteiger partial charge < -0.3 is 15.1 Å². The van der Waals surface area contributed by atoms with E-state index in [4.69, 9.17) is 0 Å². The lowest BCUT2D eigenvalue weighted by molar-refractivity contribution is -0.134. The van der Waals surface area contributed by atoms with Gasteiger partial charge in [0.2, 0.25) is 11.9 Å². The van der Waals surface area contributed by atoms with Crippen molar-refractivity contribution >= 4 is 27.4 Å². The van der Waals surface area contributed by atoms with Gasteiger partial charge in [-0.05, 0) is 50.2 Å². The zero-order valence-corrected chi connectivity index (χ0v) is 20.8. The van der Waals surface area contributed by atoms with Crippen molar-refractivity contribution in [3.05, 3.63) is 41.7 Å². The number of piperidine rings is 1. The highest BCUT2D eigenvalue weighted by Crippen LogP contribution is 2.28. The summed E-state index contributed by atoms with van der Waals surface area (Å²) in [6, 6.07) is 0.816. The zero-order chi connectivity index (χ0) is 25.2. The van der Waals surface area contributed by atoms with Crippen LogP contribution in [0.3, 0.4) is 0 Å². The molecule has 0 radical (unpaired) electrons. The number of carbonyl (C=O) groups excluding carboxylic acids is 1. The van der Waals surface area contributed by atoms with Gasteiger partial charge in [0.25, 0.3) is 0 Å². The molecule has 1 unspecified atom stereocenters. The Kier molecular flexibility index (Phi) is 7.53. The van der Waals surface area contributed by atoms with Gasteiger partial charge in [0.05, 0.1) is 5.69 Å². The molecule has 2 fully saturated rings. The quantitative estimate of drug-likeness (QED) is 0.642. The first-order valence-electron chi connectivity index (χ1n) is 12.0. The van der Waals surface area contributed by atoms with Crippen LogP contribution in [0.1, 0.15) is 44.6 Å². The molecule has 1 atom stereocenters. The van der Waals surface area contributed by atoms with Gasteiger partial charge in [-0.25, -0.2) is 27.2 Å². The number of hydrogen-bond donors (Lipinski definition) is 1. The maximum absolute atomic E-state index is 14.6. The van der Waals surface area contributed by atoms with E-state index in [1.165, 1.54) is 0 Å². The monoisotopic (exact) mass is 507 g/mol. The molecule has 2 saturated heterocycles. The SMILES string of the molecule is CCc1cnc(N2CCC(N3CCCCC(Nc4cc(F)c(S(C)(=O)=O)cc4F)C3=O)CC2)nc1. The third-order valence-corrected chi connectivity index (χ3v) is 7.87. The lowest BCUT2D eigenvalue weighted by Crippen LogP contribution is -2.51. The summed E-state index contributed by atoms with van der Waals surface area (Å²) in [5.41, 5.74) is 0.872. The largest absolute Gasteiger partial charge is 0.371 e. The number of sulfone groups is 1. The van der Waals surface area contributed by atoms with Gasteiger partial charge in [-0.3, -0.25) is 4.79 Å². The Morgan fingerprint density at radius 3 is 2.34 bits per heavy atom. The summed E-state index contributed by atoms with van der Waals surface area (Å²) in [7, 11) is -3.90. The summed E-state index contributed by atoms with van der Waals surface area (Å²) in [4.78, 5) is 25.6. The molecule has 0 saturated carbocycles. The van der Waals surface area contributed by atoms with Crippen LogP contribution in [-0.2, 0) is 21.1 Å². The van der Waals surface area contributed by atoms with Crippen molar-refractivity contribution in [3.8, 4) is 0 Å². The Morgan fingerprint density at radius 2 is 1.71 bits per heavy atom. The number of carbonyl (C=O) groups is 1. The van der Waals surface area contributed by atoms with Crippen LogP contribution in [-0.4, -0.2) is 67.2 Å². The summed E-state index contributed by atoms with van der Waals surface area (Å²) in [5, 5.41) is 2.84. The number of hydrogen-bond acceptors (Lipinski definition) is 7. The van der Waals surface area contributed by atoms with Gasteiger partial charge in [0, 0.05) is 50.4 Å². The predicted molar refractivity (Wildman–Crippen MR) is 129 cm³/mol. The number of anilines is 2. The van der Waals surface area contributed by atoms with Gasteiger partial charge in [-0.1, -0.05) is 6.92 Å². The number of aromatic nitrogens is 2. The van der Waals surface area contributed by atoms with Crippen LogP contribution in [0.2, 0.25) is 0 Å². The highest BCUT2D eigenvalue weighted by Gasteiger charge is 2.34. The van der Waals surface area contributed by atoms with Crippen molar-refractivity contribution in [2.45, 2.75) is 62.4 Å². The summed E-state index contributed by atoms with van der Waals surface area (Å²) >= 11 is 0. The third-order valence-electron chi connectivity index (χ3n) is 6.76. The number of rotatable bonds is 6. The summed E-state index contributed by atoms with van der Waals surface area (Å²) < 4.78 is 52.3. The van der Waals surface area contributed by atoms with E-state index in [1.807, 2.05) is 17.3 Å². The second kappa shape index (κ2) is 10.4. The molecule has 0 spiro atoms. The Morgan fingerprint density at radius 1 is 1.03 bits per heavy atom. The zero-order valence-electron chi connectivity index (χ0n) is 20.0. The molecule has 190 valence electrons. The van der Waals surface area contributed by atoms with E-state index in [1.54, 1.807) is 0 Å². The average Bonchev–Trinajstić information content (AvgIpc) is 3.02. The van der Waals surface area contributed by atoms with E-state index in [0.717, 1.165) is 63.1 Å². The molecule has 2 aliphatic rings. The second-order valence-corrected chi connectivity index (χ2v) is 11.2. The highest BCUT2D eigenvalue weighted by atomic mass is 32.2. The molecule has 3 heterocycles. The topological polar surface area (TPSA) is 95.5 Å². The van der Waals surface area contributed by atoms with Crippen molar-refractivity contribution in [2.24, 2.45) is 0 Å². The van der Waals surface area contributed by atoms with Crippen molar-refractivity contribution in [1.29, 1.82) is 0 Å². The van der Waals surface area contributed by atoms with Crippen molar-refractivity contribution in [2.75, 3.05) is 36.1 Å². The van der Waals surface area contributed by atoms with E-state index in [2.05, 4.69) is 27.1 Å². The molecule has 35 heavy (non-hydrogen) atoms. The van der Waals surface area contributed by atoms with E-state index in [0.29, 0.717) is 25.0 Å². The summed E-state index contributed by atoms with van der Waals surface area (Å²) in [5.74, 6) is -1.40. The molecule has 11 heteroatoms. The fraction of sp³-hybridized carbons (Fsp3) is 0.542. The molecule has 4 rings (SSSR count). The molecule has 0 aliphatic carbocycles. The van der Waals surface area contributed by atoms with E-state index >= 15 is 0 Å². The lowest BCUT2D eigenvalue weighted by atomic mass is 10.0. The minimum atomic E-state index is -3.90. The minimum absolute atomic E-state index is 0.0465. The Bertz CT molecular complexity index is 1170. The van der Waals surface area contributed by atoms with Gasteiger partial charge in [-0.2, -0.15) is 0 Å². The lowest BCUT2D eigenvalue weighted by Gasteiger charge is -2.39. The Balaban J connectivity index is 1.43. The standard InChI is InChI=1S/C24H31F2N5O3S/c1-3-16-14-27-24(28-15-16)30-10-7-17(8-11-30)31-9-5-4-6-20(23(31)32)29-21-12-19(26)22(13-18(21)25)35(2,33)34/h12-15,17,20,29H,3-11H2,1-2H3. The van der Waals surface area contributed by atoms with E-state index in [9.17, 15) is 22.0 Å². The number of halogens is 2. The maximum atomic E-state index is 14.6. The van der Waals surface area contributed by atoms with Crippen molar-refractivity contribution in [1.82, 2.24) is 14.9 Å². The number of aryl methyl sites for hydroxylation is 1. The summed E-state index contributed by atoms with van der Waals surface area (Å²) in [6.45, 7) is 4.13. The summed E-state index contributed by atoms with van der Waals surface area (Å²) in [6.07, 6.45) is 9.00. The Hall–Kier alpha value is -2.82. The minimum Gasteiger partial charge on any atom is -0.371 e. The fourth-order valence-electron chi connectivity index (χ4n) is 4.74. The van der Waals surface area contributed by atoms with Crippen LogP contribution < -0.4 is 10.2 Å². The predicted octanol–water partition coefficient (Wildman–Crippen LogP) is 3.18. The van der Waals surface area contributed by atoms with E-state index < -0.39 is 32.4 Å². The number of benzene rings is 1. The molecule has 1 aromatic heterocycles. The smallest absolute Gasteiger partial charge is 0.245 e. The van der Waals surface area contributed by atoms with Crippen LogP contribution in [0.25, 0.3) is 0 Å². The van der Waals surface area contributed by atoms with Gasteiger partial charge >= 0.3 is 0 Å². The van der Waals surface area contributed by atoms with Crippen LogP contribution in [0.15, 0.2) is 29.4 Å². The number of amides is 1. The molecule has 2 aromatic rings. The number of nitrogens with one attached hydrogen (secondary N) is 1. The highest BCUT2D eigenvalue weighted by molar-refractivity contribution is 7.90. The second-order valence-electron chi connectivity index (χ2n) is 9.22. The third kappa shape index (κ3) is 5.71. The molecule has 0 bridgehead atoms. The van der Waals surface area contributed by atoms with Crippen LogP contribution >= 0.6 is 0 Å². The molecule has 1 amide bonds. The molecule has 1 N–H and O–H groups in total. The first-order chi connectivity index (χ1) is 16.7. The fourth-order valence-corrected chi connectivity index (χ4v) is 5.47. The van der Waals surface area contributed by atoms with Crippen LogP contribution in [0, 0.1) is 11.6 Å². The first-order valence-corrected chi connectivity index (χ1v) is 13.9. The number of nitrogens with zero attached hydrogens (tertiary/aromatic N) is 4. The average molecular weight is 508 g/mol. The normalized spacial score (nSPS) is 20.1. The van der Waals surface area contributed by atoms with Crippen molar-refractivity contribution in [3.63, 3.8) is 0 Å². The molecule has 1 aromatic carbocycles. The molecular formula is C24H31F2N5O3S. The van der Waals surface area contributed by atoms with Gasteiger partial charge in [-0.15, -0.1) is 0 Å². The molecular weight excluding hydrogens is 476 g/mol. The molecule has 2 aliphatic heterocycles. The molecule has 8 nitrogen and oxygen atoms in total. The van der Waals surface area contributed by atoms with E-state index in [-0.39, 0.29) is 17.6 Å². The van der Waals surface area contributed by atoms with Gasteiger partial charge in [0.1, 0.15) is 22.6 Å². The maximum Gasteiger partial charge on any atom is 0.245 e. The van der Waals surface area contributed by atoms with Gasteiger partial charge in [0.15, 0.2) is 9.84 Å². The first kappa shape index (κ1) is 25.3. The van der Waals surface area contributed by atoms with Crippen molar-refractivity contribution < 1.29 is 22.0 Å². The Labute approximate surface area is 204 Å². The van der Waals surface area contributed by atoms with Crippen LogP contribution in [0.4, 0.5) is 20.4 Å². The van der Waals surface area contributed by atoms with Crippen LogP contribution in [0.5, 0.6) is 0 Å². The number of likely N-dealkylation sites (tertiary alicyclic amines) is 1.